The molecule has 0 aromatic rings. The van der Waals surface area contributed by atoms with Gasteiger partial charge in [0.05, 0.1) is 19.2 Å². The van der Waals surface area contributed by atoms with Crippen molar-refractivity contribution in [2.75, 3.05) is 26.2 Å². The second-order valence-corrected chi connectivity index (χ2v) is 7.00. The number of hydrogen-bond donors (Lipinski definition) is 1. The van der Waals surface area contributed by atoms with Crippen LogP contribution in [0.3, 0.4) is 0 Å². The van der Waals surface area contributed by atoms with Crippen molar-refractivity contribution < 1.29 is 23.1 Å². The second-order valence-electron chi connectivity index (χ2n) is 7.00. The molecule has 0 spiro atoms. The first kappa shape index (κ1) is 19.3. The highest BCUT2D eigenvalue weighted by Crippen LogP contribution is 2.36. The van der Waals surface area contributed by atoms with Crippen molar-refractivity contribution in [3.8, 4) is 6.07 Å². The number of nitrogens with one attached hydrogen (secondary N) is 1. The van der Waals surface area contributed by atoms with Crippen LogP contribution >= 0.6 is 0 Å². The highest BCUT2D eigenvalue weighted by atomic mass is 19.2. The van der Waals surface area contributed by atoms with Crippen LogP contribution in [0.5, 0.6) is 0 Å². The van der Waals surface area contributed by atoms with E-state index in [0.717, 1.165) is 12.2 Å². The molecule has 3 atom stereocenters. The van der Waals surface area contributed by atoms with Crippen molar-refractivity contribution in [2.24, 2.45) is 5.92 Å². The second kappa shape index (κ2) is 7.64. The lowest BCUT2D eigenvalue weighted by Gasteiger charge is -2.41. The van der Waals surface area contributed by atoms with Gasteiger partial charge in [-0.3, -0.25) is 14.6 Å². The van der Waals surface area contributed by atoms with Gasteiger partial charge in [0.25, 0.3) is 0 Å². The number of amides is 2. The molecule has 3 unspecified atom stereocenters. The monoisotopic (exact) mass is 380 g/mol. The van der Waals surface area contributed by atoms with Crippen LogP contribution < -0.4 is 5.32 Å². The van der Waals surface area contributed by atoms with E-state index in [9.17, 15) is 14.0 Å². The molecule has 0 aromatic carbocycles. The maximum atomic E-state index is 15.3. The molecule has 0 bridgehead atoms. The van der Waals surface area contributed by atoms with Crippen molar-refractivity contribution in [3.63, 3.8) is 0 Å². The van der Waals surface area contributed by atoms with E-state index in [1.165, 1.54) is 22.8 Å². The van der Waals surface area contributed by atoms with Crippen LogP contribution in [0.1, 0.15) is 19.8 Å². The molecule has 2 saturated heterocycles. The average molecular weight is 380 g/mol. The van der Waals surface area contributed by atoms with E-state index in [1.807, 2.05) is 0 Å². The lowest BCUT2D eigenvalue weighted by Crippen LogP contribution is -2.54. The predicted octanol–water partition coefficient (Wildman–Crippen LogP) is 1.64. The summed E-state index contributed by atoms with van der Waals surface area (Å²) in [4.78, 5) is 25.6. The molecule has 27 heavy (non-hydrogen) atoms. The Morgan fingerprint density at radius 2 is 2.19 bits per heavy atom. The summed E-state index contributed by atoms with van der Waals surface area (Å²) >= 11 is 0. The number of carbonyl (C=O) groups excluding carboxylic acids is 2. The van der Waals surface area contributed by atoms with Crippen molar-refractivity contribution in [1.82, 2.24) is 15.1 Å². The molecule has 2 aliphatic heterocycles. The third-order valence-electron chi connectivity index (χ3n) is 5.12. The molecule has 2 heterocycles. The number of carbonyl (C=O) groups is 2. The molecule has 2 amide bonds. The number of nitrogens with zero attached hydrogens (tertiary/aromatic N) is 3. The van der Waals surface area contributed by atoms with Gasteiger partial charge in [-0.05, 0) is 31.1 Å². The first-order valence-corrected chi connectivity index (χ1v) is 8.94. The van der Waals surface area contributed by atoms with Crippen molar-refractivity contribution >= 4 is 12.0 Å². The van der Waals surface area contributed by atoms with Gasteiger partial charge in [0.15, 0.2) is 6.17 Å². The lowest BCUT2D eigenvalue weighted by molar-refractivity contribution is -0.119. The summed E-state index contributed by atoms with van der Waals surface area (Å²) in [5, 5.41) is 11.5. The fourth-order valence-electron chi connectivity index (χ4n) is 3.52. The molecule has 7 nitrogen and oxygen atoms in total. The fourth-order valence-corrected chi connectivity index (χ4v) is 3.52. The number of ether oxygens (including phenoxy) is 1. The normalized spacial score (nSPS) is 32.0. The first-order valence-electron chi connectivity index (χ1n) is 8.94. The summed E-state index contributed by atoms with van der Waals surface area (Å²) in [6.07, 6.45) is 1.45. The lowest BCUT2D eigenvalue weighted by atomic mass is 9.93. The number of rotatable bonds is 4. The van der Waals surface area contributed by atoms with Gasteiger partial charge in [-0.25, -0.2) is 13.6 Å². The first-order chi connectivity index (χ1) is 12.8. The van der Waals surface area contributed by atoms with Crippen LogP contribution in [-0.4, -0.2) is 66.0 Å². The molecule has 3 rings (SSSR count). The third kappa shape index (κ3) is 3.95. The minimum absolute atomic E-state index is 0.124. The molecule has 146 valence electrons. The van der Waals surface area contributed by atoms with Gasteiger partial charge in [-0.15, -0.1) is 0 Å². The molecule has 9 heteroatoms. The minimum atomic E-state index is -2.29. The van der Waals surface area contributed by atoms with E-state index in [1.54, 1.807) is 0 Å². The van der Waals surface area contributed by atoms with Crippen LogP contribution in [0.4, 0.5) is 13.6 Å². The molecule has 0 saturated carbocycles. The van der Waals surface area contributed by atoms with Crippen LogP contribution in [0.15, 0.2) is 23.9 Å². The standard InChI is InChI=1S/C18H22F2N4O3/c1-12(25)22-10-15-11-24(17(26)27-15)14-2-5-18(20,16(19)8-14)23-6-3-13(9-21)4-7-23/h2,5,8,13,15-16H,3-4,6-7,10-11H2,1H3,(H,22,25). The topological polar surface area (TPSA) is 85.7 Å². The van der Waals surface area contributed by atoms with Crippen LogP contribution in [-0.2, 0) is 9.53 Å². The van der Waals surface area contributed by atoms with E-state index in [2.05, 4.69) is 11.4 Å². The zero-order valence-corrected chi connectivity index (χ0v) is 15.0. The zero-order chi connectivity index (χ0) is 19.6. The summed E-state index contributed by atoms with van der Waals surface area (Å²) in [5.41, 5.74) is 0.234. The Bertz CT molecular complexity index is 712. The van der Waals surface area contributed by atoms with E-state index in [-0.39, 0.29) is 30.6 Å². The number of alkyl halides is 2. The number of likely N-dealkylation sites (tertiary alicyclic amines) is 1. The number of nitriles is 1. The number of cyclic esters (lactones) is 1. The molecule has 1 aliphatic carbocycles. The summed E-state index contributed by atoms with van der Waals surface area (Å²) in [6, 6.07) is 2.16. The fraction of sp³-hybridized carbons (Fsp3) is 0.611. The van der Waals surface area contributed by atoms with Gasteiger partial charge in [0.1, 0.15) is 6.10 Å². The molecule has 0 aromatic heterocycles. The number of hydrogen-bond acceptors (Lipinski definition) is 5. The summed E-state index contributed by atoms with van der Waals surface area (Å²) in [7, 11) is 0. The maximum absolute atomic E-state index is 15.3. The van der Waals surface area contributed by atoms with Gasteiger partial charge >= 0.3 is 6.09 Å². The Balaban J connectivity index is 1.65. The van der Waals surface area contributed by atoms with E-state index in [4.69, 9.17) is 10.00 Å². The van der Waals surface area contributed by atoms with Crippen LogP contribution in [0.2, 0.25) is 0 Å². The minimum Gasteiger partial charge on any atom is -0.442 e. The van der Waals surface area contributed by atoms with Crippen LogP contribution in [0.25, 0.3) is 0 Å². The van der Waals surface area contributed by atoms with Crippen molar-refractivity contribution in [3.05, 3.63) is 23.9 Å². The largest absolute Gasteiger partial charge is 0.442 e. The Hall–Kier alpha value is -2.47. The van der Waals surface area contributed by atoms with Crippen molar-refractivity contribution in [1.29, 1.82) is 5.26 Å². The summed E-state index contributed by atoms with van der Waals surface area (Å²) < 4.78 is 35.2. The van der Waals surface area contributed by atoms with Gasteiger partial charge in [-0.1, -0.05) is 0 Å². The van der Waals surface area contributed by atoms with Gasteiger partial charge in [0, 0.05) is 31.6 Å². The smallest absolute Gasteiger partial charge is 0.414 e. The Labute approximate surface area is 156 Å². The molecule has 3 aliphatic rings. The predicted molar refractivity (Wildman–Crippen MR) is 91.5 cm³/mol. The van der Waals surface area contributed by atoms with Crippen LogP contribution in [0, 0.1) is 17.2 Å². The summed E-state index contributed by atoms with van der Waals surface area (Å²) in [5.74, 6) is -2.66. The molecular weight excluding hydrogens is 358 g/mol. The molecule has 2 fully saturated rings. The number of allylic oxidation sites excluding steroid dienone is 1. The quantitative estimate of drug-likeness (QED) is 0.750. The van der Waals surface area contributed by atoms with Gasteiger partial charge < -0.3 is 10.1 Å². The Morgan fingerprint density at radius 3 is 2.78 bits per heavy atom. The number of piperidine rings is 1. The third-order valence-corrected chi connectivity index (χ3v) is 5.12. The zero-order valence-electron chi connectivity index (χ0n) is 15.0. The highest BCUT2D eigenvalue weighted by molar-refractivity contribution is 5.74. The molecule has 0 radical (unpaired) electrons. The van der Waals surface area contributed by atoms with E-state index >= 15 is 4.39 Å². The molecule has 1 N–H and O–H groups in total. The van der Waals surface area contributed by atoms with Gasteiger partial charge in [-0.2, -0.15) is 5.26 Å². The Morgan fingerprint density at radius 1 is 1.48 bits per heavy atom. The van der Waals surface area contributed by atoms with E-state index < -0.39 is 24.2 Å². The highest BCUT2D eigenvalue weighted by Gasteiger charge is 2.46. The SMILES string of the molecule is CC(=O)NCC1CN(C2=CC(F)C(F)(N3CCC(C#N)CC3)C=C2)C(=O)O1. The van der Waals surface area contributed by atoms with Gasteiger partial charge in [0.2, 0.25) is 11.7 Å². The average Bonchev–Trinajstić information content (AvgIpc) is 3.03. The Kier molecular flexibility index (Phi) is 5.46. The number of halogens is 2. The maximum Gasteiger partial charge on any atom is 0.414 e. The summed E-state index contributed by atoms with van der Waals surface area (Å²) in [6.45, 7) is 2.26. The van der Waals surface area contributed by atoms with Crippen molar-refractivity contribution in [2.45, 2.75) is 37.8 Å². The molecular formula is C18H22F2N4O3. The van der Waals surface area contributed by atoms with E-state index in [0.29, 0.717) is 25.9 Å².